The number of nitro benzene ring substituents is 1. The molecule has 0 aliphatic carbocycles. The quantitative estimate of drug-likeness (QED) is 0.262. The molecule has 7 nitrogen and oxygen atoms in total. The molecule has 2 rings (SSSR count). The molecule has 2 N–H and O–H groups in total. The first kappa shape index (κ1) is 17.6. The molecule has 8 heteroatoms. The van der Waals surface area contributed by atoms with Gasteiger partial charge >= 0.3 is 0 Å². The van der Waals surface area contributed by atoms with E-state index in [2.05, 4.69) is 22.8 Å². The highest BCUT2D eigenvalue weighted by Gasteiger charge is 2.07. The van der Waals surface area contributed by atoms with Crippen LogP contribution in [0.5, 0.6) is 0 Å². The molecule has 0 saturated carbocycles. The van der Waals surface area contributed by atoms with Gasteiger partial charge in [-0.3, -0.25) is 15.5 Å². The van der Waals surface area contributed by atoms with Gasteiger partial charge in [0.25, 0.3) is 5.69 Å². The van der Waals surface area contributed by atoms with E-state index in [9.17, 15) is 10.1 Å². The minimum atomic E-state index is -0.437. The first-order valence-electron chi connectivity index (χ1n) is 7.51. The van der Waals surface area contributed by atoms with Crippen LogP contribution >= 0.6 is 12.2 Å². The molecular formula is C16H18N4O3S. The Kier molecular flexibility index (Phi) is 6.44. The molecule has 0 unspecified atom stereocenters. The summed E-state index contributed by atoms with van der Waals surface area (Å²) in [7, 11) is 0. The summed E-state index contributed by atoms with van der Waals surface area (Å²) in [6, 6.07) is 9.70. The van der Waals surface area contributed by atoms with Crippen LogP contribution in [-0.2, 0) is 0 Å². The standard InChI is InChI=1S/C16H18N4O3S/c1-2-3-10-17-16(24)19-18-11-14-8-9-15(23-14)12-4-6-13(7-5-12)20(21)22/h4-9,11H,2-3,10H2,1H3,(H2,17,19,24)/b18-11-. The zero-order valence-electron chi connectivity index (χ0n) is 13.2. The lowest BCUT2D eigenvalue weighted by Crippen LogP contribution is -2.32. The second kappa shape index (κ2) is 8.78. The van der Waals surface area contributed by atoms with Crippen LogP contribution in [0.15, 0.2) is 45.9 Å². The molecule has 0 bridgehead atoms. The van der Waals surface area contributed by atoms with Crippen molar-refractivity contribution in [2.45, 2.75) is 19.8 Å². The number of unbranched alkanes of at least 4 members (excludes halogenated alkanes) is 1. The van der Waals surface area contributed by atoms with E-state index in [0.717, 1.165) is 24.9 Å². The van der Waals surface area contributed by atoms with Crippen LogP contribution in [0.4, 0.5) is 5.69 Å². The van der Waals surface area contributed by atoms with E-state index in [-0.39, 0.29) is 5.69 Å². The van der Waals surface area contributed by atoms with Crippen molar-refractivity contribution in [1.82, 2.24) is 10.7 Å². The largest absolute Gasteiger partial charge is 0.455 e. The SMILES string of the molecule is CCCCNC(=S)N/N=C\c1ccc(-c2ccc([N+](=O)[O-])cc2)o1. The van der Waals surface area contributed by atoms with Crippen LogP contribution in [0.3, 0.4) is 0 Å². The van der Waals surface area contributed by atoms with E-state index in [4.69, 9.17) is 16.6 Å². The Bertz CT molecular complexity index is 725. The van der Waals surface area contributed by atoms with Crippen molar-refractivity contribution in [3.05, 3.63) is 52.3 Å². The summed E-state index contributed by atoms with van der Waals surface area (Å²) in [4.78, 5) is 10.2. The van der Waals surface area contributed by atoms with Crippen molar-refractivity contribution in [3.63, 3.8) is 0 Å². The van der Waals surface area contributed by atoms with Crippen molar-refractivity contribution in [3.8, 4) is 11.3 Å². The number of hydrogen-bond acceptors (Lipinski definition) is 5. The Morgan fingerprint density at radius 1 is 1.33 bits per heavy atom. The van der Waals surface area contributed by atoms with Crippen LogP contribution in [0, 0.1) is 10.1 Å². The van der Waals surface area contributed by atoms with Crippen molar-refractivity contribution in [1.29, 1.82) is 0 Å². The smallest absolute Gasteiger partial charge is 0.269 e. The van der Waals surface area contributed by atoms with Gasteiger partial charge in [0.15, 0.2) is 5.11 Å². The zero-order valence-corrected chi connectivity index (χ0v) is 14.0. The van der Waals surface area contributed by atoms with Crippen LogP contribution in [0.2, 0.25) is 0 Å². The molecule has 24 heavy (non-hydrogen) atoms. The Labute approximate surface area is 144 Å². The number of benzene rings is 1. The third-order valence-electron chi connectivity index (χ3n) is 3.16. The number of rotatable bonds is 7. The maximum absolute atomic E-state index is 10.7. The van der Waals surface area contributed by atoms with Crippen molar-refractivity contribution in [2.75, 3.05) is 6.54 Å². The van der Waals surface area contributed by atoms with Gasteiger partial charge in [-0.2, -0.15) is 5.10 Å². The highest BCUT2D eigenvalue weighted by Crippen LogP contribution is 2.23. The van der Waals surface area contributed by atoms with E-state index in [1.165, 1.54) is 18.3 Å². The summed E-state index contributed by atoms with van der Waals surface area (Å²) in [5.41, 5.74) is 3.51. The van der Waals surface area contributed by atoms with Crippen molar-refractivity contribution >= 4 is 29.2 Å². The number of hydrazone groups is 1. The van der Waals surface area contributed by atoms with E-state index in [0.29, 0.717) is 16.6 Å². The molecule has 1 aromatic carbocycles. The summed E-state index contributed by atoms with van der Waals surface area (Å²) in [6.07, 6.45) is 3.65. The van der Waals surface area contributed by atoms with Crippen LogP contribution in [-0.4, -0.2) is 22.8 Å². The van der Waals surface area contributed by atoms with E-state index in [1.54, 1.807) is 24.3 Å². The summed E-state index contributed by atoms with van der Waals surface area (Å²) in [5.74, 6) is 1.15. The van der Waals surface area contributed by atoms with E-state index < -0.39 is 4.92 Å². The molecule has 0 atom stereocenters. The zero-order chi connectivity index (χ0) is 17.4. The fourth-order valence-electron chi connectivity index (χ4n) is 1.90. The van der Waals surface area contributed by atoms with Crippen LogP contribution < -0.4 is 10.7 Å². The monoisotopic (exact) mass is 346 g/mol. The lowest BCUT2D eigenvalue weighted by Gasteiger charge is -2.04. The third kappa shape index (κ3) is 5.17. The summed E-state index contributed by atoms with van der Waals surface area (Å²) in [5, 5.41) is 18.2. The fraction of sp³-hybridized carbons (Fsp3) is 0.250. The molecular weight excluding hydrogens is 328 g/mol. The number of non-ortho nitro benzene ring substituents is 1. The number of nitrogens with zero attached hydrogens (tertiary/aromatic N) is 2. The van der Waals surface area contributed by atoms with Gasteiger partial charge in [0.1, 0.15) is 11.5 Å². The maximum atomic E-state index is 10.7. The second-order valence-corrected chi connectivity index (χ2v) is 5.39. The third-order valence-corrected chi connectivity index (χ3v) is 3.40. The van der Waals surface area contributed by atoms with Gasteiger partial charge < -0.3 is 9.73 Å². The van der Waals surface area contributed by atoms with Gasteiger partial charge in [0.05, 0.1) is 11.1 Å². The lowest BCUT2D eigenvalue weighted by atomic mass is 10.1. The summed E-state index contributed by atoms with van der Waals surface area (Å²) >= 11 is 5.08. The van der Waals surface area contributed by atoms with Gasteiger partial charge in [-0.25, -0.2) is 0 Å². The minimum Gasteiger partial charge on any atom is -0.455 e. The number of thiocarbonyl (C=S) groups is 1. The summed E-state index contributed by atoms with van der Waals surface area (Å²) < 4.78 is 5.63. The molecule has 0 amide bonds. The lowest BCUT2D eigenvalue weighted by molar-refractivity contribution is -0.384. The molecule has 2 aromatic rings. The van der Waals surface area contributed by atoms with E-state index in [1.807, 2.05) is 0 Å². The molecule has 0 radical (unpaired) electrons. The van der Waals surface area contributed by atoms with Gasteiger partial charge in [-0.05, 0) is 42.9 Å². The number of hydrogen-bond donors (Lipinski definition) is 2. The average molecular weight is 346 g/mol. The predicted octanol–water partition coefficient (Wildman–Crippen LogP) is 3.45. The molecule has 0 aliphatic heterocycles. The molecule has 0 fully saturated rings. The highest BCUT2D eigenvalue weighted by molar-refractivity contribution is 7.80. The first-order chi connectivity index (χ1) is 11.6. The average Bonchev–Trinajstić information content (AvgIpc) is 3.04. The molecule has 0 aliphatic rings. The Morgan fingerprint density at radius 2 is 2.08 bits per heavy atom. The Morgan fingerprint density at radius 3 is 2.75 bits per heavy atom. The van der Waals surface area contributed by atoms with Gasteiger partial charge in [0.2, 0.25) is 0 Å². The Balaban J connectivity index is 1.91. The first-order valence-corrected chi connectivity index (χ1v) is 7.92. The van der Waals surface area contributed by atoms with Crippen LogP contribution in [0.25, 0.3) is 11.3 Å². The van der Waals surface area contributed by atoms with Gasteiger partial charge in [-0.15, -0.1) is 0 Å². The topological polar surface area (TPSA) is 92.7 Å². The molecule has 1 aromatic heterocycles. The maximum Gasteiger partial charge on any atom is 0.269 e. The van der Waals surface area contributed by atoms with Gasteiger partial charge in [-0.1, -0.05) is 13.3 Å². The normalized spacial score (nSPS) is 10.7. The summed E-state index contributed by atoms with van der Waals surface area (Å²) in [6.45, 7) is 2.92. The molecule has 0 spiro atoms. The molecule has 1 heterocycles. The van der Waals surface area contributed by atoms with E-state index >= 15 is 0 Å². The molecule has 126 valence electrons. The number of furan rings is 1. The van der Waals surface area contributed by atoms with Crippen molar-refractivity contribution < 1.29 is 9.34 Å². The molecule has 0 saturated heterocycles. The van der Waals surface area contributed by atoms with Gasteiger partial charge in [0, 0.05) is 24.2 Å². The highest BCUT2D eigenvalue weighted by atomic mass is 32.1. The predicted molar refractivity (Wildman–Crippen MR) is 97.0 cm³/mol. The van der Waals surface area contributed by atoms with Crippen LogP contribution in [0.1, 0.15) is 25.5 Å². The Hall–Kier alpha value is -2.74. The second-order valence-electron chi connectivity index (χ2n) is 4.99. The minimum absolute atomic E-state index is 0.0420. The van der Waals surface area contributed by atoms with Crippen molar-refractivity contribution in [2.24, 2.45) is 5.10 Å². The fourth-order valence-corrected chi connectivity index (χ4v) is 2.05. The number of nitrogens with one attached hydrogen (secondary N) is 2. The number of nitro groups is 1.